The molecule has 1 aromatic carbocycles. The molecule has 2 aliphatic rings. The van der Waals surface area contributed by atoms with E-state index in [9.17, 15) is 9.59 Å². The van der Waals surface area contributed by atoms with Crippen LogP contribution in [0.3, 0.4) is 0 Å². The van der Waals surface area contributed by atoms with Gasteiger partial charge in [0.25, 0.3) is 5.91 Å². The molecule has 5 nitrogen and oxygen atoms in total. The SMILES string of the molecule is Cl.NC1CCN(C(=O)C2CSCN2C(=O)c2ccc(Cl)cc2)CC1. The lowest BCUT2D eigenvalue weighted by molar-refractivity contribution is -0.135. The maximum absolute atomic E-state index is 12.8. The summed E-state index contributed by atoms with van der Waals surface area (Å²) in [6, 6.07) is 6.60. The van der Waals surface area contributed by atoms with Crippen molar-refractivity contribution in [3.8, 4) is 0 Å². The van der Waals surface area contributed by atoms with Crippen molar-refractivity contribution in [1.82, 2.24) is 9.80 Å². The summed E-state index contributed by atoms with van der Waals surface area (Å²) in [4.78, 5) is 29.0. The van der Waals surface area contributed by atoms with Crippen molar-refractivity contribution in [2.24, 2.45) is 5.73 Å². The first-order valence-corrected chi connectivity index (χ1v) is 9.28. The molecule has 2 N–H and O–H groups in total. The molecule has 2 aliphatic heterocycles. The van der Waals surface area contributed by atoms with Gasteiger partial charge in [-0.1, -0.05) is 11.6 Å². The third-order valence-corrected chi connectivity index (χ3v) is 5.63. The minimum Gasteiger partial charge on any atom is -0.341 e. The molecular formula is C16H21Cl2N3O2S. The van der Waals surface area contributed by atoms with E-state index in [0.29, 0.717) is 35.3 Å². The third kappa shape index (κ3) is 4.17. The Morgan fingerprint density at radius 1 is 1.17 bits per heavy atom. The molecule has 24 heavy (non-hydrogen) atoms. The van der Waals surface area contributed by atoms with Gasteiger partial charge >= 0.3 is 0 Å². The molecule has 1 unspecified atom stereocenters. The van der Waals surface area contributed by atoms with Gasteiger partial charge in [0.05, 0.1) is 5.88 Å². The van der Waals surface area contributed by atoms with Crippen LogP contribution < -0.4 is 5.73 Å². The second-order valence-electron chi connectivity index (χ2n) is 5.96. The van der Waals surface area contributed by atoms with Crippen LogP contribution in [0.2, 0.25) is 5.02 Å². The summed E-state index contributed by atoms with van der Waals surface area (Å²) in [6.45, 7) is 1.37. The lowest BCUT2D eigenvalue weighted by Crippen LogP contribution is -2.52. The Bertz CT molecular complexity index is 591. The number of benzene rings is 1. The molecule has 1 atom stereocenters. The highest BCUT2D eigenvalue weighted by atomic mass is 35.5. The van der Waals surface area contributed by atoms with E-state index in [2.05, 4.69) is 0 Å². The maximum atomic E-state index is 12.8. The third-order valence-electron chi connectivity index (χ3n) is 4.37. The van der Waals surface area contributed by atoms with E-state index in [4.69, 9.17) is 17.3 Å². The number of likely N-dealkylation sites (tertiary alicyclic amines) is 1. The van der Waals surface area contributed by atoms with Crippen LogP contribution in [0.15, 0.2) is 24.3 Å². The van der Waals surface area contributed by atoms with Crippen molar-refractivity contribution in [2.75, 3.05) is 24.7 Å². The first kappa shape index (κ1) is 19.4. The number of piperidine rings is 1. The van der Waals surface area contributed by atoms with Gasteiger partial charge in [0.2, 0.25) is 5.91 Å². The summed E-state index contributed by atoms with van der Waals surface area (Å²) in [6.07, 6.45) is 1.66. The Morgan fingerprint density at radius 2 is 1.79 bits per heavy atom. The molecular weight excluding hydrogens is 369 g/mol. The number of carbonyl (C=O) groups excluding carboxylic acids is 2. The molecule has 0 aromatic heterocycles. The van der Waals surface area contributed by atoms with E-state index in [1.165, 1.54) is 0 Å². The molecule has 2 amide bonds. The molecule has 0 aliphatic carbocycles. The number of nitrogens with two attached hydrogens (primary N) is 1. The first-order valence-electron chi connectivity index (χ1n) is 7.75. The molecule has 2 fully saturated rings. The fourth-order valence-electron chi connectivity index (χ4n) is 2.94. The van der Waals surface area contributed by atoms with Gasteiger partial charge in [-0.2, -0.15) is 0 Å². The summed E-state index contributed by atoms with van der Waals surface area (Å²) in [7, 11) is 0. The minimum atomic E-state index is -0.377. The predicted molar refractivity (Wildman–Crippen MR) is 99.8 cm³/mol. The van der Waals surface area contributed by atoms with Crippen molar-refractivity contribution >= 4 is 47.6 Å². The van der Waals surface area contributed by atoms with E-state index in [1.807, 2.05) is 4.90 Å². The Kier molecular flexibility index (Phi) is 6.80. The van der Waals surface area contributed by atoms with Crippen LogP contribution in [0.1, 0.15) is 23.2 Å². The summed E-state index contributed by atoms with van der Waals surface area (Å²) in [5.41, 5.74) is 6.46. The smallest absolute Gasteiger partial charge is 0.255 e. The lowest BCUT2D eigenvalue weighted by Gasteiger charge is -2.34. The Hall–Kier alpha value is -0.950. The van der Waals surface area contributed by atoms with Gasteiger partial charge in [-0.3, -0.25) is 9.59 Å². The van der Waals surface area contributed by atoms with Gasteiger partial charge in [0.1, 0.15) is 6.04 Å². The van der Waals surface area contributed by atoms with Crippen LogP contribution >= 0.6 is 35.8 Å². The van der Waals surface area contributed by atoms with E-state index in [-0.39, 0.29) is 36.3 Å². The normalized spacial score (nSPS) is 21.5. The second kappa shape index (κ2) is 8.43. The highest BCUT2D eigenvalue weighted by molar-refractivity contribution is 7.99. The molecule has 132 valence electrons. The quantitative estimate of drug-likeness (QED) is 0.841. The minimum absolute atomic E-state index is 0. The Morgan fingerprint density at radius 3 is 2.42 bits per heavy atom. The van der Waals surface area contributed by atoms with Gasteiger partial charge < -0.3 is 15.5 Å². The average molecular weight is 390 g/mol. The van der Waals surface area contributed by atoms with Gasteiger partial charge in [0.15, 0.2) is 0 Å². The van der Waals surface area contributed by atoms with Crippen LogP contribution in [-0.2, 0) is 4.79 Å². The number of thioether (sulfide) groups is 1. The van der Waals surface area contributed by atoms with Crippen molar-refractivity contribution in [3.63, 3.8) is 0 Å². The molecule has 2 heterocycles. The number of rotatable bonds is 2. The van der Waals surface area contributed by atoms with Crippen LogP contribution in [0, 0.1) is 0 Å². The summed E-state index contributed by atoms with van der Waals surface area (Å²) in [5, 5.41) is 0.592. The second-order valence-corrected chi connectivity index (χ2v) is 7.40. The molecule has 3 rings (SSSR count). The fraction of sp³-hybridized carbons (Fsp3) is 0.500. The molecule has 0 spiro atoms. The number of carbonyl (C=O) groups is 2. The van der Waals surface area contributed by atoms with Crippen LogP contribution in [0.25, 0.3) is 0 Å². The Balaban J connectivity index is 0.00000208. The Labute approximate surface area is 157 Å². The van der Waals surface area contributed by atoms with Gasteiger partial charge in [-0.25, -0.2) is 0 Å². The number of nitrogens with zero attached hydrogens (tertiary/aromatic N) is 2. The van der Waals surface area contributed by atoms with Crippen molar-refractivity contribution in [3.05, 3.63) is 34.9 Å². The molecule has 1 aromatic rings. The zero-order valence-electron chi connectivity index (χ0n) is 13.2. The first-order chi connectivity index (χ1) is 11.1. The largest absolute Gasteiger partial charge is 0.341 e. The van der Waals surface area contributed by atoms with Gasteiger partial charge in [-0.15, -0.1) is 24.2 Å². The van der Waals surface area contributed by atoms with E-state index < -0.39 is 0 Å². The lowest BCUT2D eigenvalue weighted by atomic mass is 10.0. The molecule has 0 bridgehead atoms. The molecule has 0 saturated carbocycles. The van der Waals surface area contributed by atoms with E-state index in [0.717, 1.165) is 12.8 Å². The van der Waals surface area contributed by atoms with Gasteiger partial charge in [-0.05, 0) is 37.1 Å². The maximum Gasteiger partial charge on any atom is 0.255 e. The standard InChI is InChI=1S/C16H20ClN3O2S.ClH/c17-12-3-1-11(2-4-12)15(21)20-10-23-9-14(20)16(22)19-7-5-13(18)6-8-19;/h1-4,13-14H,5-10,18H2;1H. The van der Waals surface area contributed by atoms with Crippen molar-refractivity contribution < 1.29 is 9.59 Å². The van der Waals surface area contributed by atoms with Crippen LogP contribution in [0.4, 0.5) is 0 Å². The highest BCUT2D eigenvalue weighted by Gasteiger charge is 2.38. The summed E-state index contributed by atoms with van der Waals surface area (Å²) < 4.78 is 0. The number of hydrogen-bond donors (Lipinski definition) is 1. The van der Waals surface area contributed by atoms with E-state index >= 15 is 0 Å². The van der Waals surface area contributed by atoms with Crippen molar-refractivity contribution in [2.45, 2.75) is 24.9 Å². The average Bonchev–Trinajstić information content (AvgIpc) is 3.04. The summed E-state index contributed by atoms with van der Waals surface area (Å²) in [5.74, 6) is 1.13. The van der Waals surface area contributed by atoms with Gasteiger partial charge in [0, 0.05) is 35.5 Å². The van der Waals surface area contributed by atoms with Crippen LogP contribution in [0.5, 0.6) is 0 Å². The number of halogens is 2. The summed E-state index contributed by atoms with van der Waals surface area (Å²) >= 11 is 7.48. The monoisotopic (exact) mass is 389 g/mol. The topological polar surface area (TPSA) is 66.6 Å². The van der Waals surface area contributed by atoms with E-state index in [1.54, 1.807) is 40.9 Å². The number of amides is 2. The molecule has 0 radical (unpaired) electrons. The molecule has 2 saturated heterocycles. The molecule has 8 heteroatoms. The fourth-order valence-corrected chi connectivity index (χ4v) is 4.21. The zero-order chi connectivity index (χ0) is 16.4. The van der Waals surface area contributed by atoms with Crippen molar-refractivity contribution in [1.29, 1.82) is 0 Å². The zero-order valence-corrected chi connectivity index (χ0v) is 15.6. The number of hydrogen-bond acceptors (Lipinski definition) is 4. The predicted octanol–water partition coefficient (Wildman–Crippen LogP) is 2.23. The van der Waals surface area contributed by atoms with Crippen LogP contribution in [-0.4, -0.2) is 58.4 Å². The highest BCUT2D eigenvalue weighted by Crippen LogP contribution is 2.26.